The molecule has 0 fully saturated rings. The first kappa shape index (κ1) is 26.0. The number of aromatic nitrogens is 5. The van der Waals surface area contributed by atoms with Gasteiger partial charge in [0.2, 0.25) is 11.9 Å². The number of carbonyl (C=O) groups excluding carboxylic acids is 2. The number of likely N-dealkylation sites (N-methyl/N-ethyl adjacent to an activating group) is 1. The SMILES string of the molecule is Cc1cnc(Nc2cc(C)n(C)n2)nc1-c1c[nH]c2c(N3Cc4c(/C=C/C(=O)N(C)C)cccc4C3=O)cccc12. The molecule has 10 heteroatoms. The maximum Gasteiger partial charge on any atom is 0.259 e. The van der Waals surface area contributed by atoms with E-state index in [9.17, 15) is 9.59 Å². The Morgan fingerprint density at radius 3 is 2.68 bits per heavy atom. The summed E-state index contributed by atoms with van der Waals surface area (Å²) in [7, 11) is 5.30. The predicted octanol–water partition coefficient (Wildman–Crippen LogP) is 4.98. The second-order valence-corrected chi connectivity index (χ2v) is 10.4. The van der Waals surface area contributed by atoms with E-state index in [0.717, 1.165) is 50.2 Å². The molecule has 0 radical (unpaired) electrons. The summed E-state index contributed by atoms with van der Waals surface area (Å²) in [6, 6.07) is 13.5. The zero-order chi connectivity index (χ0) is 28.8. The van der Waals surface area contributed by atoms with E-state index in [2.05, 4.69) is 20.4 Å². The lowest BCUT2D eigenvalue weighted by molar-refractivity contribution is -0.123. The second-order valence-electron chi connectivity index (χ2n) is 10.4. The van der Waals surface area contributed by atoms with Gasteiger partial charge in [0.25, 0.3) is 5.91 Å². The van der Waals surface area contributed by atoms with Crippen molar-refractivity contribution in [2.45, 2.75) is 20.4 Å². The van der Waals surface area contributed by atoms with Crippen molar-refractivity contribution in [2.75, 3.05) is 24.3 Å². The lowest BCUT2D eigenvalue weighted by atomic mass is 10.0. The Kier molecular flexibility index (Phi) is 6.37. The number of fused-ring (bicyclic) bond motifs is 2. The summed E-state index contributed by atoms with van der Waals surface area (Å²) in [5, 5.41) is 8.59. The summed E-state index contributed by atoms with van der Waals surface area (Å²) >= 11 is 0. The van der Waals surface area contributed by atoms with Gasteiger partial charge in [0, 0.05) is 67.9 Å². The lowest BCUT2D eigenvalue weighted by Crippen LogP contribution is -2.23. The molecule has 1 aliphatic heterocycles. The monoisotopic (exact) mass is 546 g/mol. The van der Waals surface area contributed by atoms with Crippen LogP contribution in [0.15, 0.2) is 60.9 Å². The highest BCUT2D eigenvalue weighted by atomic mass is 16.2. The maximum absolute atomic E-state index is 13.6. The minimum Gasteiger partial charge on any atom is -0.359 e. The van der Waals surface area contributed by atoms with Crippen LogP contribution in [0, 0.1) is 13.8 Å². The van der Waals surface area contributed by atoms with Gasteiger partial charge >= 0.3 is 0 Å². The molecule has 41 heavy (non-hydrogen) atoms. The third-order valence-electron chi connectivity index (χ3n) is 7.42. The Hall–Kier alpha value is -5.25. The van der Waals surface area contributed by atoms with Crippen LogP contribution < -0.4 is 10.2 Å². The molecule has 2 amide bonds. The topological polar surface area (TPSA) is 112 Å². The minimum atomic E-state index is -0.110. The standard InChI is InChI=1S/C31H30N8O2/c1-18-15-33-31(34-26-14-19(2)38(5)36-26)35-28(18)23-16-32-29-21(23)9-7-11-25(29)39-17-24-20(12-13-27(40)37(3)4)8-6-10-22(24)30(39)41/h6-16,32H,17H2,1-5H3,(H,33,34,35,36)/b13-12+. The predicted molar refractivity (Wildman–Crippen MR) is 160 cm³/mol. The highest BCUT2D eigenvalue weighted by Gasteiger charge is 2.31. The smallest absolute Gasteiger partial charge is 0.259 e. The molecule has 6 rings (SSSR count). The highest BCUT2D eigenvalue weighted by molar-refractivity contribution is 6.15. The van der Waals surface area contributed by atoms with Crippen molar-refractivity contribution in [2.24, 2.45) is 7.05 Å². The van der Waals surface area contributed by atoms with Gasteiger partial charge in [-0.05, 0) is 48.7 Å². The molecule has 3 aromatic heterocycles. The molecule has 0 saturated heterocycles. The minimum absolute atomic E-state index is 0.0757. The Balaban J connectivity index is 1.35. The zero-order valence-corrected chi connectivity index (χ0v) is 23.6. The van der Waals surface area contributed by atoms with Crippen LogP contribution in [0.4, 0.5) is 17.5 Å². The van der Waals surface area contributed by atoms with E-state index in [1.165, 1.54) is 11.0 Å². The number of anilines is 3. The molecule has 0 atom stereocenters. The summed E-state index contributed by atoms with van der Waals surface area (Å²) in [6.45, 7) is 4.36. The summed E-state index contributed by atoms with van der Waals surface area (Å²) in [5.41, 5.74) is 7.66. The fourth-order valence-electron chi connectivity index (χ4n) is 5.09. The van der Waals surface area contributed by atoms with Gasteiger partial charge in [-0.25, -0.2) is 9.97 Å². The summed E-state index contributed by atoms with van der Waals surface area (Å²) in [4.78, 5) is 41.7. The van der Waals surface area contributed by atoms with E-state index < -0.39 is 0 Å². The molecule has 0 aliphatic carbocycles. The van der Waals surface area contributed by atoms with Gasteiger partial charge in [0.15, 0.2) is 5.82 Å². The Bertz CT molecular complexity index is 1840. The van der Waals surface area contributed by atoms with Crippen LogP contribution in [0.25, 0.3) is 28.2 Å². The number of hydrogen-bond donors (Lipinski definition) is 2. The van der Waals surface area contributed by atoms with Crippen LogP contribution in [-0.2, 0) is 18.4 Å². The molecule has 0 bridgehead atoms. The number of benzene rings is 2. The molecule has 0 unspecified atom stereocenters. The van der Waals surface area contributed by atoms with Crippen LogP contribution >= 0.6 is 0 Å². The number of amides is 2. The fourth-order valence-corrected chi connectivity index (χ4v) is 5.09. The summed E-state index contributed by atoms with van der Waals surface area (Å²) in [6.07, 6.45) is 7.02. The molecule has 2 N–H and O–H groups in total. The number of aromatic amines is 1. The van der Waals surface area contributed by atoms with E-state index in [1.54, 1.807) is 35.9 Å². The van der Waals surface area contributed by atoms with Crippen LogP contribution in [0.1, 0.15) is 32.7 Å². The molecule has 4 heterocycles. The molecular weight excluding hydrogens is 516 g/mol. The van der Waals surface area contributed by atoms with Crippen LogP contribution in [0.2, 0.25) is 0 Å². The number of H-pyrrole nitrogens is 1. The first-order valence-electron chi connectivity index (χ1n) is 13.3. The van der Waals surface area contributed by atoms with E-state index in [0.29, 0.717) is 23.9 Å². The van der Waals surface area contributed by atoms with Gasteiger partial charge in [-0.2, -0.15) is 5.10 Å². The van der Waals surface area contributed by atoms with Crippen molar-refractivity contribution < 1.29 is 9.59 Å². The van der Waals surface area contributed by atoms with E-state index in [-0.39, 0.29) is 11.8 Å². The summed E-state index contributed by atoms with van der Waals surface area (Å²) in [5.74, 6) is 0.940. The number of aryl methyl sites for hydroxylation is 3. The molecule has 206 valence electrons. The van der Waals surface area contributed by atoms with E-state index in [4.69, 9.17) is 4.98 Å². The van der Waals surface area contributed by atoms with E-state index >= 15 is 0 Å². The molecule has 2 aromatic carbocycles. The van der Waals surface area contributed by atoms with Crippen LogP contribution in [0.3, 0.4) is 0 Å². The van der Waals surface area contributed by atoms with Crippen LogP contribution in [-0.4, -0.2) is 55.5 Å². The van der Waals surface area contributed by atoms with Crippen molar-refractivity contribution in [3.63, 3.8) is 0 Å². The zero-order valence-electron chi connectivity index (χ0n) is 23.6. The number of nitrogens with one attached hydrogen (secondary N) is 2. The lowest BCUT2D eigenvalue weighted by Gasteiger charge is -2.17. The maximum atomic E-state index is 13.6. The van der Waals surface area contributed by atoms with Gasteiger partial charge < -0.3 is 20.1 Å². The van der Waals surface area contributed by atoms with Gasteiger partial charge in [-0.1, -0.05) is 24.3 Å². The Morgan fingerprint density at radius 1 is 1.12 bits per heavy atom. The molecule has 0 saturated carbocycles. The normalized spacial score (nSPS) is 12.9. The molecule has 10 nitrogen and oxygen atoms in total. The van der Waals surface area contributed by atoms with Crippen LogP contribution in [0.5, 0.6) is 0 Å². The van der Waals surface area contributed by atoms with Crippen molar-refractivity contribution in [1.29, 1.82) is 0 Å². The molecule has 1 aliphatic rings. The van der Waals surface area contributed by atoms with Crippen molar-refractivity contribution in [3.05, 3.63) is 88.9 Å². The number of para-hydroxylation sites is 1. The number of carbonyl (C=O) groups is 2. The second kappa shape index (κ2) is 10.1. The average Bonchev–Trinajstić information content (AvgIpc) is 3.63. The first-order valence-corrected chi connectivity index (χ1v) is 13.3. The van der Waals surface area contributed by atoms with Gasteiger partial charge in [0.05, 0.1) is 23.4 Å². The Morgan fingerprint density at radius 2 is 1.93 bits per heavy atom. The number of hydrogen-bond acceptors (Lipinski definition) is 6. The van der Waals surface area contributed by atoms with Gasteiger partial charge in [0.1, 0.15) is 0 Å². The Labute approximate surface area is 237 Å². The van der Waals surface area contributed by atoms with E-state index in [1.807, 2.05) is 69.6 Å². The average molecular weight is 547 g/mol. The third-order valence-corrected chi connectivity index (χ3v) is 7.42. The van der Waals surface area contributed by atoms with Gasteiger partial charge in [-0.3, -0.25) is 14.3 Å². The summed E-state index contributed by atoms with van der Waals surface area (Å²) < 4.78 is 1.79. The first-order chi connectivity index (χ1) is 19.7. The van der Waals surface area contributed by atoms with Crippen molar-refractivity contribution in [3.8, 4) is 11.3 Å². The largest absolute Gasteiger partial charge is 0.359 e. The van der Waals surface area contributed by atoms with Crippen molar-refractivity contribution in [1.82, 2.24) is 29.6 Å². The highest BCUT2D eigenvalue weighted by Crippen LogP contribution is 2.38. The molecular formula is C31H30N8O2. The van der Waals surface area contributed by atoms with Gasteiger partial charge in [-0.15, -0.1) is 0 Å². The quantitative estimate of drug-likeness (QED) is 0.291. The molecule has 0 spiro atoms. The number of rotatable bonds is 6. The third kappa shape index (κ3) is 4.63. The number of nitrogens with zero attached hydrogens (tertiary/aromatic N) is 6. The molecule has 5 aromatic rings. The van der Waals surface area contributed by atoms with Crippen molar-refractivity contribution >= 4 is 46.2 Å². The fraction of sp³-hybridized carbons (Fsp3) is 0.194.